The van der Waals surface area contributed by atoms with E-state index in [4.69, 9.17) is 0 Å². The highest BCUT2D eigenvalue weighted by atomic mass is 32.2. The fraction of sp³-hybridized carbons (Fsp3) is 0.650. The Morgan fingerprint density at radius 2 is 1.69 bits per heavy atom. The van der Waals surface area contributed by atoms with Crippen LogP contribution in [0.25, 0.3) is 0 Å². The minimum absolute atomic E-state index is 0.00487. The molecule has 2 saturated heterocycles. The lowest BCUT2D eigenvalue weighted by atomic mass is 9.98. The van der Waals surface area contributed by atoms with Crippen LogP contribution in [0.1, 0.15) is 62.7 Å². The molecule has 1 amide bonds. The fourth-order valence-electron chi connectivity index (χ4n) is 4.00. The summed E-state index contributed by atoms with van der Waals surface area (Å²) in [6.07, 6.45) is 5.84. The molecule has 1 aromatic rings. The number of amides is 1. The lowest BCUT2D eigenvalue weighted by molar-refractivity contribution is 0.0697. The molecule has 144 valence electrons. The molecule has 0 radical (unpaired) electrons. The highest BCUT2D eigenvalue weighted by molar-refractivity contribution is 7.89. The zero-order chi connectivity index (χ0) is 18.7. The lowest BCUT2D eigenvalue weighted by Crippen LogP contribution is -2.43. The number of benzene rings is 1. The molecule has 6 heteroatoms. The van der Waals surface area contributed by atoms with Gasteiger partial charge in [0.15, 0.2) is 0 Å². The molecule has 0 N–H and O–H groups in total. The van der Waals surface area contributed by atoms with Crippen LogP contribution in [0.4, 0.5) is 0 Å². The van der Waals surface area contributed by atoms with Crippen LogP contribution in [0.5, 0.6) is 0 Å². The highest BCUT2D eigenvalue weighted by Gasteiger charge is 2.32. The molecule has 0 bridgehead atoms. The second-order valence-electron chi connectivity index (χ2n) is 7.67. The zero-order valence-electron chi connectivity index (χ0n) is 15.9. The normalized spacial score (nSPS) is 23.2. The van der Waals surface area contributed by atoms with Gasteiger partial charge in [-0.05, 0) is 62.3 Å². The van der Waals surface area contributed by atoms with Crippen LogP contribution in [0.3, 0.4) is 0 Å². The summed E-state index contributed by atoms with van der Waals surface area (Å²) >= 11 is 0. The molecule has 2 aliphatic heterocycles. The van der Waals surface area contributed by atoms with E-state index in [9.17, 15) is 13.2 Å². The van der Waals surface area contributed by atoms with Crippen molar-refractivity contribution in [2.24, 2.45) is 5.92 Å². The molecule has 1 aromatic carbocycles. The van der Waals surface area contributed by atoms with Gasteiger partial charge in [-0.3, -0.25) is 4.79 Å². The SMILES string of the molecule is CCC1CCCCN1S(=O)(=O)c1ccc(C(=O)N2CCC(C)CC2)cc1. The monoisotopic (exact) mass is 378 g/mol. The maximum Gasteiger partial charge on any atom is 0.253 e. The Morgan fingerprint density at radius 1 is 1.04 bits per heavy atom. The van der Waals surface area contributed by atoms with E-state index in [1.807, 2.05) is 11.8 Å². The number of carbonyl (C=O) groups is 1. The van der Waals surface area contributed by atoms with Crippen LogP contribution in [0, 0.1) is 5.92 Å². The van der Waals surface area contributed by atoms with Crippen molar-refractivity contribution in [1.82, 2.24) is 9.21 Å². The Morgan fingerprint density at radius 3 is 2.31 bits per heavy atom. The topological polar surface area (TPSA) is 57.7 Å². The van der Waals surface area contributed by atoms with E-state index in [2.05, 4.69) is 6.92 Å². The third-order valence-electron chi connectivity index (χ3n) is 5.82. The molecule has 1 atom stereocenters. The van der Waals surface area contributed by atoms with Gasteiger partial charge in [0.2, 0.25) is 10.0 Å². The van der Waals surface area contributed by atoms with Gasteiger partial charge in [0.25, 0.3) is 5.91 Å². The molecule has 5 nitrogen and oxygen atoms in total. The number of nitrogens with zero attached hydrogens (tertiary/aromatic N) is 2. The van der Waals surface area contributed by atoms with Gasteiger partial charge in [-0.2, -0.15) is 4.31 Å². The highest BCUT2D eigenvalue weighted by Crippen LogP contribution is 2.27. The van der Waals surface area contributed by atoms with Crippen LogP contribution < -0.4 is 0 Å². The van der Waals surface area contributed by atoms with Crippen LogP contribution in [0.15, 0.2) is 29.2 Å². The summed E-state index contributed by atoms with van der Waals surface area (Å²) in [5.41, 5.74) is 0.573. The van der Waals surface area contributed by atoms with Gasteiger partial charge >= 0.3 is 0 Å². The van der Waals surface area contributed by atoms with E-state index in [0.717, 1.165) is 51.6 Å². The van der Waals surface area contributed by atoms with Crippen LogP contribution in [0.2, 0.25) is 0 Å². The largest absolute Gasteiger partial charge is 0.339 e. The zero-order valence-corrected chi connectivity index (χ0v) is 16.7. The van der Waals surface area contributed by atoms with E-state index < -0.39 is 10.0 Å². The maximum atomic E-state index is 13.0. The number of likely N-dealkylation sites (tertiary alicyclic amines) is 1. The molecule has 0 aliphatic carbocycles. The van der Waals surface area contributed by atoms with Gasteiger partial charge in [0, 0.05) is 31.2 Å². The number of rotatable bonds is 4. The second kappa shape index (κ2) is 8.09. The summed E-state index contributed by atoms with van der Waals surface area (Å²) in [6, 6.07) is 6.61. The van der Waals surface area contributed by atoms with E-state index in [1.165, 1.54) is 0 Å². The van der Waals surface area contributed by atoms with Gasteiger partial charge < -0.3 is 4.90 Å². The molecular formula is C20H30N2O3S. The molecule has 0 saturated carbocycles. The standard InChI is InChI=1S/C20H30N2O3S/c1-3-18-6-4-5-13-22(18)26(24,25)19-9-7-17(8-10-19)20(23)21-14-11-16(2)12-15-21/h7-10,16,18H,3-6,11-15H2,1-2H3. The second-order valence-corrected chi connectivity index (χ2v) is 9.56. The summed E-state index contributed by atoms with van der Waals surface area (Å²) in [5.74, 6) is 0.674. The first-order chi connectivity index (χ1) is 12.4. The summed E-state index contributed by atoms with van der Waals surface area (Å²) < 4.78 is 27.7. The van der Waals surface area contributed by atoms with Gasteiger partial charge in [0.1, 0.15) is 0 Å². The Balaban J connectivity index is 1.75. The Labute approximate surface area is 157 Å². The van der Waals surface area contributed by atoms with E-state index >= 15 is 0 Å². The third-order valence-corrected chi connectivity index (χ3v) is 7.79. The molecular weight excluding hydrogens is 348 g/mol. The molecule has 3 rings (SSSR count). The van der Waals surface area contributed by atoms with Crippen molar-refractivity contribution in [1.29, 1.82) is 0 Å². The van der Waals surface area contributed by atoms with Crippen LogP contribution >= 0.6 is 0 Å². The van der Waals surface area contributed by atoms with Gasteiger partial charge in [-0.25, -0.2) is 8.42 Å². The van der Waals surface area contributed by atoms with Gasteiger partial charge in [-0.15, -0.1) is 0 Å². The predicted molar refractivity (Wildman–Crippen MR) is 103 cm³/mol. The van der Waals surface area contributed by atoms with Crippen LogP contribution in [-0.2, 0) is 10.0 Å². The quantitative estimate of drug-likeness (QED) is 0.805. The summed E-state index contributed by atoms with van der Waals surface area (Å²) in [7, 11) is -3.49. The molecule has 1 unspecified atom stereocenters. The molecule has 0 aromatic heterocycles. The van der Waals surface area contributed by atoms with Crippen LogP contribution in [-0.4, -0.2) is 49.2 Å². The first kappa shape index (κ1) is 19.4. The first-order valence-corrected chi connectivity index (χ1v) is 11.3. The van der Waals surface area contributed by atoms with Crippen molar-refractivity contribution in [2.75, 3.05) is 19.6 Å². The van der Waals surface area contributed by atoms with E-state index in [0.29, 0.717) is 22.9 Å². The molecule has 0 spiro atoms. The summed E-state index contributed by atoms with van der Waals surface area (Å²) in [5, 5.41) is 0. The molecule has 2 fully saturated rings. The predicted octanol–water partition coefficient (Wildman–Crippen LogP) is 3.51. The van der Waals surface area contributed by atoms with Crippen molar-refractivity contribution in [2.45, 2.75) is 63.3 Å². The minimum atomic E-state index is -3.49. The van der Waals surface area contributed by atoms with Gasteiger partial charge in [-0.1, -0.05) is 20.3 Å². The van der Waals surface area contributed by atoms with E-state index in [-0.39, 0.29) is 11.9 Å². The Bertz CT molecular complexity index is 722. The van der Waals surface area contributed by atoms with Crippen molar-refractivity contribution in [3.05, 3.63) is 29.8 Å². The lowest BCUT2D eigenvalue weighted by Gasteiger charge is -2.34. The van der Waals surface area contributed by atoms with Crippen molar-refractivity contribution in [3.8, 4) is 0 Å². The number of hydrogen-bond donors (Lipinski definition) is 0. The first-order valence-electron chi connectivity index (χ1n) is 9.84. The summed E-state index contributed by atoms with van der Waals surface area (Å²) in [4.78, 5) is 14.8. The average Bonchev–Trinajstić information content (AvgIpc) is 2.68. The smallest absolute Gasteiger partial charge is 0.253 e. The minimum Gasteiger partial charge on any atom is -0.339 e. The molecule has 2 aliphatic rings. The number of piperidine rings is 2. The fourth-order valence-corrected chi connectivity index (χ4v) is 5.76. The van der Waals surface area contributed by atoms with Gasteiger partial charge in [0.05, 0.1) is 4.90 Å². The third kappa shape index (κ3) is 3.96. The van der Waals surface area contributed by atoms with Crippen molar-refractivity contribution >= 4 is 15.9 Å². The molecule has 26 heavy (non-hydrogen) atoms. The number of carbonyl (C=O) groups excluding carboxylic acids is 1. The average molecular weight is 379 g/mol. The summed E-state index contributed by atoms with van der Waals surface area (Å²) in [6.45, 7) is 6.41. The number of sulfonamides is 1. The number of hydrogen-bond acceptors (Lipinski definition) is 3. The Kier molecular flexibility index (Phi) is 6.03. The maximum absolute atomic E-state index is 13.0. The molecule has 2 heterocycles. The van der Waals surface area contributed by atoms with E-state index in [1.54, 1.807) is 28.6 Å². The van der Waals surface area contributed by atoms with Crippen molar-refractivity contribution < 1.29 is 13.2 Å². The van der Waals surface area contributed by atoms with Crippen molar-refractivity contribution in [3.63, 3.8) is 0 Å². The Hall–Kier alpha value is -1.40.